The van der Waals surface area contributed by atoms with Crippen molar-refractivity contribution in [3.05, 3.63) is 22.9 Å². The molecule has 2 N–H and O–H groups in total. The Hall–Kier alpha value is -0.610. The fourth-order valence-electron chi connectivity index (χ4n) is 0.776. The Labute approximate surface area is 80.0 Å². The summed E-state index contributed by atoms with van der Waals surface area (Å²) in [6.07, 6.45) is 3.07. The van der Waals surface area contributed by atoms with E-state index in [9.17, 15) is 0 Å². The molecule has 0 spiro atoms. The summed E-state index contributed by atoms with van der Waals surface area (Å²) in [5.41, 5.74) is 0.950. The molecule has 1 atom stereocenters. The number of anilines is 1. The normalized spacial score (nSPS) is 12.6. The second-order valence-corrected chi connectivity index (χ2v) is 3.44. The number of rotatable bonds is 3. The van der Waals surface area contributed by atoms with Gasteiger partial charge in [0, 0.05) is 18.9 Å². The maximum absolute atomic E-state index is 9.01. The van der Waals surface area contributed by atoms with Crippen LogP contribution in [0, 0.1) is 0 Å². The van der Waals surface area contributed by atoms with E-state index in [1.165, 1.54) is 0 Å². The van der Waals surface area contributed by atoms with Crippen molar-refractivity contribution in [1.29, 1.82) is 0 Å². The Morgan fingerprint density at radius 2 is 2.50 bits per heavy atom. The fourth-order valence-corrected chi connectivity index (χ4v) is 1.17. The van der Waals surface area contributed by atoms with Crippen LogP contribution in [0.25, 0.3) is 0 Å². The molecule has 0 unspecified atom stereocenters. The molecule has 1 heterocycles. The average Bonchev–Trinajstić information content (AvgIpc) is 2.03. The molecule has 0 aliphatic rings. The van der Waals surface area contributed by atoms with Crippen LogP contribution < -0.4 is 5.32 Å². The number of aromatic nitrogens is 1. The van der Waals surface area contributed by atoms with E-state index in [1.807, 2.05) is 6.07 Å². The molecule has 1 aromatic rings. The first kappa shape index (κ1) is 9.48. The smallest absolute Gasteiger partial charge is 0.0684 e. The van der Waals surface area contributed by atoms with Crippen LogP contribution in [-0.4, -0.2) is 22.7 Å². The van der Waals surface area contributed by atoms with E-state index in [0.29, 0.717) is 6.54 Å². The van der Waals surface area contributed by atoms with E-state index in [0.717, 1.165) is 10.2 Å². The zero-order valence-corrected chi connectivity index (χ0v) is 8.37. The van der Waals surface area contributed by atoms with Gasteiger partial charge in [-0.15, -0.1) is 0 Å². The van der Waals surface area contributed by atoms with E-state index in [2.05, 4.69) is 26.2 Å². The van der Waals surface area contributed by atoms with Gasteiger partial charge in [-0.1, -0.05) is 0 Å². The molecule has 0 bridgehead atoms. The number of nitrogens with one attached hydrogen (secondary N) is 1. The first-order chi connectivity index (χ1) is 5.70. The predicted molar refractivity (Wildman–Crippen MR) is 52.1 cm³/mol. The van der Waals surface area contributed by atoms with Crippen LogP contribution in [0.3, 0.4) is 0 Å². The van der Waals surface area contributed by atoms with Crippen LogP contribution in [-0.2, 0) is 0 Å². The van der Waals surface area contributed by atoms with Crippen LogP contribution in [0.15, 0.2) is 22.9 Å². The van der Waals surface area contributed by atoms with Gasteiger partial charge in [0.25, 0.3) is 0 Å². The molecule has 0 radical (unpaired) electrons. The lowest BCUT2D eigenvalue weighted by Gasteiger charge is -2.08. The van der Waals surface area contributed by atoms with E-state index >= 15 is 0 Å². The van der Waals surface area contributed by atoms with Gasteiger partial charge >= 0.3 is 0 Å². The molecule has 4 heteroatoms. The molecule has 0 aliphatic carbocycles. The molecule has 0 saturated carbocycles. The van der Waals surface area contributed by atoms with Crippen molar-refractivity contribution < 1.29 is 5.11 Å². The van der Waals surface area contributed by atoms with E-state index in [4.69, 9.17) is 5.11 Å². The summed E-state index contributed by atoms with van der Waals surface area (Å²) in [4.78, 5) is 3.92. The Bertz CT molecular complexity index is 253. The van der Waals surface area contributed by atoms with Gasteiger partial charge in [-0.2, -0.15) is 0 Å². The lowest BCUT2D eigenvalue weighted by atomic mass is 10.3. The zero-order chi connectivity index (χ0) is 8.97. The van der Waals surface area contributed by atoms with Gasteiger partial charge in [-0.05, 0) is 28.9 Å². The van der Waals surface area contributed by atoms with E-state index < -0.39 is 0 Å². The van der Waals surface area contributed by atoms with Crippen LogP contribution in [0.2, 0.25) is 0 Å². The summed E-state index contributed by atoms with van der Waals surface area (Å²) >= 11 is 3.34. The number of pyridine rings is 1. The second-order valence-electron chi connectivity index (χ2n) is 2.59. The first-order valence-corrected chi connectivity index (χ1v) is 4.51. The maximum atomic E-state index is 9.01. The highest BCUT2D eigenvalue weighted by Crippen LogP contribution is 2.19. The highest BCUT2D eigenvalue weighted by molar-refractivity contribution is 9.10. The van der Waals surface area contributed by atoms with Crippen molar-refractivity contribution in [2.45, 2.75) is 13.0 Å². The van der Waals surface area contributed by atoms with Crippen molar-refractivity contribution in [2.75, 3.05) is 11.9 Å². The Morgan fingerprint density at radius 1 is 1.75 bits per heavy atom. The Kier molecular flexibility index (Phi) is 3.49. The second kappa shape index (κ2) is 4.42. The number of hydrogen-bond acceptors (Lipinski definition) is 3. The zero-order valence-electron chi connectivity index (χ0n) is 6.79. The topological polar surface area (TPSA) is 45.1 Å². The molecular formula is C8H11BrN2O. The van der Waals surface area contributed by atoms with Crippen LogP contribution in [0.1, 0.15) is 6.92 Å². The van der Waals surface area contributed by atoms with Crippen LogP contribution in [0.5, 0.6) is 0 Å². The Balaban J connectivity index is 2.57. The largest absolute Gasteiger partial charge is 0.392 e. The molecule has 12 heavy (non-hydrogen) atoms. The SMILES string of the molecule is C[C@@H](O)CNc1ccncc1Br. The van der Waals surface area contributed by atoms with Gasteiger partial charge in [-0.3, -0.25) is 4.98 Å². The summed E-state index contributed by atoms with van der Waals surface area (Å²) in [6, 6.07) is 1.85. The maximum Gasteiger partial charge on any atom is 0.0684 e. The summed E-state index contributed by atoms with van der Waals surface area (Å²) < 4.78 is 0.908. The summed E-state index contributed by atoms with van der Waals surface area (Å²) in [6.45, 7) is 2.28. The third kappa shape index (κ3) is 2.79. The molecule has 0 aliphatic heterocycles. The molecule has 1 aromatic heterocycles. The molecule has 0 saturated heterocycles. The average molecular weight is 231 g/mol. The fraction of sp³-hybridized carbons (Fsp3) is 0.375. The minimum atomic E-state index is -0.343. The molecule has 3 nitrogen and oxygen atoms in total. The number of hydrogen-bond donors (Lipinski definition) is 2. The minimum absolute atomic E-state index is 0.343. The number of halogens is 1. The molecule has 0 amide bonds. The van der Waals surface area contributed by atoms with Crippen molar-refractivity contribution in [1.82, 2.24) is 4.98 Å². The molecule has 0 fully saturated rings. The van der Waals surface area contributed by atoms with Gasteiger partial charge in [0.05, 0.1) is 16.3 Å². The summed E-state index contributed by atoms with van der Waals surface area (Å²) in [7, 11) is 0. The van der Waals surface area contributed by atoms with Gasteiger partial charge < -0.3 is 10.4 Å². The molecular weight excluding hydrogens is 220 g/mol. The lowest BCUT2D eigenvalue weighted by Crippen LogP contribution is -2.15. The summed E-state index contributed by atoms with van der Waals surface area (Å²) in [5.74, 6) is 0. The number of aliphatic hydroxyl groups excluding tert-OH is 1. The van der Waals surface area contributed by atoms with Gasteiger partial charge in [0.1, 0.15) is 0 Å². The highest BCUT2D eigenvalue weighted by Gasteiger charge is 1.99. The van der Waals surface area contributed by atoms with Gasteiger partial charge in [0.15, 0.2) is 0 Å². The van der Waals surface area contributed by atoms with Crippen molar-refractivity contribution in [3.8, 4) is 0 Å². The van der Waals surface area contributed by atoms with Gasteiger partial charge in [-0.25, -0.2) is 0 Å². The number of aliphatic hydroxyl groups is 1. The minimum Gasteiger partial charge on any atom is -0.392 e. The molecule has 66 valence electrons. The van der Waals surface area contributed by atoms with Crippen LogP contribution in [0.4, 0.5) is 5.69 Å². The Morgan fingerprint density at radius 3 is 3.08 bits per heavy atom. The number of nitrogens with zero attached hydrogens (tertiary/aromatic N) is 1. The molecule has 0 aromatic carbocycles. The lowest BCUT2D eigenvalue weighted by molar-refractivity contribution is 0.208. The third-order valence-corrected chi connectivity index (χ3v) is 1.99. The summed E-state index contributed by atoms with van der Waals surface area (Å²) in [5, 5.41) is 12.1. The van der Waals surface area contributed by atoms with Crippen molar-refractivity contribution in [2.24, 2.45) is 0 Å². The molecule has 1 rings (SSSR count). The quantitative estimate of drug-likeness (QED) is 0.831. The predicted octanol–water partition coefficient (Wildman–Crippen LogP) is 1.64. The van der Waals surface area contributed by atoms with E-state index in [-0.39, 0.29) is 6.10 Å². The standard InChI is InChI=1S/C8H11BrN2O/c1-6(12)4-11-8-2-3-10-5-7(8)9/h2-3,5-6,12H,4H2,1H3,(H,10,11)/t6-/m1/s1. The first-order valence-electron chi connectivity index (χ1n) is 3.71. The van der Waals surface area contributed by atoms with Crippen molar-refractivity contribution >= 4 is 21.6 Å². The third-order valence-electron chi connectivity index (χ3n) is 1.36. The van der Waals surface area contributed by atoms with Crippen molar-refractivity contribution in [3.63, 3.8) is 0 Å². The van der Waals surface area contributed by atoms with Crippen LogP contribution >= 0.6 is 15.9 Å². The van der Waals surface area contributed by atoms with Gasteiger partial charge in [0.2, 0.25) is 0 Å². The monoisotopic (exact) mass is 230 g/mol. The highest BCUT2D eigenvalue weighted by atomic mass is 79.9. The van der Waals surface area contributed by atoms with E-state index in [1.54, 1.807) is 19.3 Å².